The molecule has 1 unspecified atom stereocenters. The van der Waals surface area contributed by atoms with Gasteiger partial charge in [-0.2, -0.15) is 0 Å². The average Bonchev–Trinajstić information content (AvgIpc) is 2.34. The topological polar surface area (TPSA) is 47.6 Å². The largest absolute Gasteiger partial charge is 0.494 e. The van der Waals surface area contributed by atoms with E-state index in [1.807, 2.05) is 13.8 Å². The molecule has 4 nitrogen and oxygen atoms in total. The minimum absolute atomic E-state index is 0.0688. The lowest BCUT2D eigenvalue weighted by Gasteiger charge is -2.19. The molecule has 0 saturated heterocycles. The minimum Gasteiger partial charge on any atom is -0.494 e. The highest BCUT2D eigenvalue weighted by atomic mass is 19.1. The first-order valence-electron chi connectivity index (χ1n) is 5.67. The monoisotopic (exact) mass is 255 g/mol. The van der Waals surface area contributed by atoms with Gasteiger partial charge < -0.3 is 9.47 Å². The molecule has 0 radical (unpaired) electrons. The van der Waals surface area contributed by atoms with Gasteiger partial charge in [-0.3, -0.25) is 5.32 Å². The molecule has 1 aromatic rings. The van der Waals surface area contributed by atoms with Crippen LogP contribution in [-0.2, 0) is 9.53 Å². The van der Waals surface area contributed by atoms with E-state index in [0.29, 0.717) is 5.56 Å². The number of hydrogen-bond donors (Lipinski definition) is 1. The molecule has 100 valence electrons. The van der Waals surface area contributed by atoms with E-state index in [2.05, 4.69) is 5.32 Å². The van der Waals surface area contributed by atoms with E-state index < -0.39 is 17.8 Å². The minimum atomic E-state index is -0.685. The predicted molar refractivity (Wildman–Crippen MR) is 66.0 cm³/mol. The molecule has 0 fully saturated rings. The number of hydrogen-bond acceptors (Lipinski definition) is 4. The smallest absolute Gasteiger partial charge is 0.327 e. The summed E-state index contributed by atoms with van der Waals surface area (Å²) >= 11 is 0. The van der Waals surface area contributed by atoms with Crippen LogP contribution in [0.15, 0.2) is 18.2 Å². The Morgan fingerprint density at radius 1 is 1.33 bits per heavy atom. The maximum atomic E-state index is 13.6. The van der Waals surface area contributed by atoms with Gasteiger partial charge >= 0.3 is 5.97 Å². The number of esters is 1. The maximum absolute atomic E-state index is 13.6. The quantitative estimate of drug-likeness (QED) is 0.818. The number of methoxy groups -OCH3 is 2. The van der Waals surface area contributed by atoms with Gasteiger partial charge in [0.2, 0.25) is 0 Å². The molecule has 0 aliphatic carbocycles. The fourth-order valence-corrected chi connectivity index (χ4v) is 1.61. The second kappa shape index (κ2) is 6.35. The summed E-state index contributed by atoms with van der Waals surface area (Å²) in [4.78, 5) is 11.7. The fourth-order valence-electron chi connectivity index (χ4n) is 1.61. The van der Waals surface area contributed by atoms with Crippen LogP contribution < -0.4 is 10.1 Å². The van der Waals surface area contributed by atoms with Gasteiger partial charge in [-0.1, -0.05) is 6.07 Å². The first-order chi connectivity index (χ1) is 8.49. The summed E-state index contributed by atoms with van der Waals surface area (Å²) in [5, 5.41) is 3.03. The summed E-state index contributed by atoms with van der Waals surface area (Å²) in [6.07, 6.45) is 0. The second-order valence-electron chi connectivity index (χ2n) is 4.17. The van der Waals surface area contributed by atoms with Gasteiger partial charge in [0.1, 0.15) is 6.04 Å². The molecule has 5 heteroatoms. The Morgan fingerprint density at radius 2 is 2.00 bits per heavy atom. The van der Waals surface area contributed by atoms with E-state index in [0.717, 1.165) is 0 Å². The highest BCUT2D eigenvalue weighted by Crippen LogP contribution is 2.23. The van der Waals surface area contributed by atoms with Crippen LogP contribution in [0, 0.1) is 5.82 Å². The van der Waals surface area contributed by atoms with Crippen LogP contribution in [0.5, 0.6) is 5.75 Å². The third-order valence-corrected chi connectivity index (χ3v) is 2.45. The highest BCUT2D eigenvalue weighted by Gasteiger charge is 2.23. The van der Waals surface area contributed by atoms with Crippen molar-refractivity contribution >= 4 is 5.97 Å². The van der Waals surface area contributed by atoms with E-state index in [4.69, 9.17) is 9.47 Å². The second-order valence-corrected chi connectivity index (χ2v) is 4.17. The maximum Gasteiger partial charge on any atom is 0.327 e. The van der Waals surface area contributed by atoms with Crippen molar-refractivity contribution in [2.24, 2.45) is 0 Å². The number of nitrogens with one attached hydrogen (secondary N) is 1. The summed E-state index contributed by atoms with van der Waals surface area (Å²) in [6.45, 7) is 3.80. The molecule has 0 amide bonds. The summed E-state index contributed by atoms with van der Waals surface area (Å²) in [5.41, 5.74) is 0.508. The van der Waals surface area contributed by atoms with Crippen LogP contribution in [0.25, 0.3) is 0 Å². The van der Waals surface area contributed by atoms with E-state index in [1.165, 1.54) is 26.4 Å². The summed E-state index contributed by atoms with van der Waals surface area (Å²) in [5.74, 6) is -0.811. The van der Waals surface area contributed by atoms with Crippen LogP contribution >= 0.6 is 0 Å². The van der Waals surface area contributed by atoms with Crippen LogP contribution in [0.2, 0.25) is 0 Å². The zero-order valence-corrected chi connectivity index (χ0v) is 11.0. The van der Waals surface area contributed by atoms with Gasteiger partial charge in [-0.25, -0.2) is 9.18 Å². The normalized spacial score (nSPS) is 12.3. The molecule has 1 rings (SSSR count). The van der Waals surface area contributed by atoms with Crippen LogP contribution in [0.3, 0.4) is 0 Å². The molecule has 0 heterocycles. The summed E-state index contributed by atoms with van der Waals surface area (Å²) < 4.78 is 23.2. The van der Waals surface area contributed by atoms with Crippen molar-refractivity contribution in [2.45, 2.75) is 25.9 Å². The molecule has 18 heavy (non-hydrogen) atoms. The zero-order chi connectivity index (χ0) is 13.7. The van der Waals surface area contributed by atoms with Crippen LogP contribution in [0.4, 0.5) is 4.39 Å². The Morgan fingerprint density at radius 3 is 2.44 bits per heavy atom. The molecule has 0 saturated carbocycles. The molecule has 0 aliphatic heterocycles. The average molecular weight is 255 g/mol. The van der Waals surface area contributed by atoms with Crippen molar-refractivity contribution in [3.8, 4) is 5.75 Å². The van der Waals surface area contributed by atoms with E-state index in [9.17, 15) is 9.18 Å². The molecule has 1 aromatic carbocycles. The lowest BCUT2D eigenvalue weighted by Crippen LogP contribution is -2.34. The predicted octanol–water partition coefficient (Wildman–Crippen LogP) is 2.05. The van der Waals surface area contributed by atoms with Crippen molar-refractivity contribution in [1.82, 2.24) is 5.32 Å². The lowest BCUT2D eigenvalue weighted by molar-refractivity contribution is -0.143. The van der Waals surface area contributed by atoms with Crippen LogP contribution in [0.1, 0.15) is 25.5 Å². The lowest BCUT2D eigenvalue weighted by atomic mass is 10.1. The van der Waals surface area contributed by atoms with Gasteiger partial charge in [0.25, 0.3) is 0 Å². The Labute approximate surface area is 106 Å². The standard InChI is InChI=1S/C13H18FNO3/c1-8(2)15-12(13(16)18-4)9-5-6-11(17-3)10(14)7-9/h5-8,12,15H,1-4H3. The molecular weight excluding hydrogens is 237 g/mol. The molecule has 0 spiro atoms. The Balaban J connectivity index is 3.05. The number of rotatable bonds is 5. The van der Waals surface area contributed by atoms with E-state index >= 15 is 0 Å². The van der Waals surface area contributed by atoms with Crippen molar-refractivity contribution in [3.63, 3.8) is 0 Å². The van der Waals surface area contributed by atoms with Crippen molar-refractivity contribution in [2.75, 3.05) is 14.2 Å². The van der Waals surface area contributed by atoms with E-state index in [-0.39, 0.29) is 11.8 Å². The first-order valence-corrected chi connectivity index (χ1v) is 5.67. The van der Waals surface area contributed by atoms with Crippen LogP contribution in [-0.4, -0.2) is 26.2 Å². The Kier molecular flexibility index (Phi) is 5.09. The summed E-state index contributed by atoms with van der Waals surface area (Å²) in [6, 6.07) is 3.78. The van der Waals surface area contributed by atoms with Gasteiger partial charge in [0.05, 0.1) is 14.2 Å². The number of carbonyl (C=O) groups is 1. The molecule has 0 aliphatic rings. The fraction of sp³-hybridized carbons (Fsp3) is 0.462. The van der Waals surface area contributed by atoms with Crippen molar-refractivity contribution < 1.29 is 18.7 Å². The highest BCUT2D eigenvalue weighted by molar-refractivity contribution is 5.77. The van der Waals surface area contributed by atoms with Gasteiger partial charge in [0.15, 0.2) is 11.6 Å². The number of halogens is 1. The van der Waals surface area contributed by atoms with Crippen molar-refractivity contribution in [3.05, 3.63) is 29.6 Å². The number of ether oxygens (including phenoxy) is 2. The van der Waals surface area contributed by atoms with Gasteiger partial charge in [-0.15, -0.1) is 0 Å². The number of benzene rings is 1. The summed E-state index contributed by atoms with van der Waals surface area (Å²) in [7, 11) is 2.69. The van der Waals surface area contributed by atoms with Gasteiger partial charge in [0, 0.05) is 6.04 Å². The number of carbonyl (C=O) groups excluding carboxylic acids is 1. The molecule has 0 bridgehead atoms. The van der Waals surface area contributed by atoms with Gasteiger partial charge in [-0.05, 0) is 31.5 Å². The molecule has 0 aromatic heterocycles. The molecule has 1 atom stereocenters. The molecule has 1 N–H and O–H groups in total. The molecular formula is C13H18FNO3. The third-order valence-electron chi connectivity index (χ3n) is 2.45. The van der Waals surface area contributed by atoms with E-state index in [1.54, 1.807) is 6.07 Å². The first kappa shape index (κ1) is 14.4. The zero-order valence-electron chi connectivity index (χ0n) is 11.0. The third kappa shape index (κ3) is 3.43. The Hall–Kier alpha value is -1.62. The van der Waals surface area contributed by atoms with Crippen molar-refractivity contribution in [1.29, 1.82) is 0 Å². The SMILES string of the molecule is COC(=O)C(NC(C)C)c1ccc(OC)c(F)c1. The Bertz CT molecular complexity index is 421.